The molecule has 0 aliphatic carbocycles. The minimum absolute atomic E-state index is 0.0564. The molecule has 0 atom stereocenters. The molecule has 29 heavy (non-hydrogen) atoms. The number of piperazine rings is 1. The number of benzene rings is 1. The molecule has 0 unspecified atom stereocenters. The van der Waals surface area contributed by atoms with Crippen LogP contribution in [0.1, 0.15) is 22.8 Å². The molecule has 1 saturated heterocycles. The Kier molecular flexibility index (Phi) is 5.60. The molecule has 0 bridgehead atoms. The fraction of sp³-hybridized carbons (Fsp3) is 0.286. The van der Waals surface area contributed by atoms with Gasteiger partial charge in [0, 0.05) is 56.7 Å². The van der Waals surface area contributed by atoms with E-state index in [1.165, 1.54) is 5.56 Å². The van der Waals surface area contributed by atoms with Gasteiger partial charge in [0.1, 0.15) is 0 Å². The lowest BCUT2D eigenvalue weighted by Crippen LogP contribution is -2.49. The maximum Gasteiger partial charge on any atom is 0.257 e. The summed E-state index contributed by atoms with van der Waals surface area (Å²) in [5.41, 5.74) is 2.66. The molecule has 1 N–H and O–H groups in total. The van der Waals surface area contributed by atoms with Gasteiger partial charge in [0.2, 0.25) is 11.9 Å². The Morgan fingerprint density at radius 1 is 0.966 bits per heavy atom. The Balaban J connectivity index is 1.37. The number of aryl methyl sites for hydroxylation is 1. The summed E-state index contributed by atoms with van der Waals surface area (Å²) in [7, 11) is 0. The number of nitrogens with zero attached hydrogens (tertiary/aromatic N) is 6. The third-order valence-corrected chi connectivity index (χ3v) is 4.95. The SMILES string of the molecule is CCc1ccccc1Nc1ncc(C(=O)N2CCN(c3ncccn3)CC2)cn1. The van der Waals surface area contributed by atoms with Gasteiger partial charge in [-0.1, -0.05) is 25.1 Å². The van der Waals surface area contributed by atoms with Gasteiger partial charge < -0.3 is 15.1 Å². The zero-order valence-electron chi connectivity index (χ0n) is 16.3. The molecule has 1 aliphatic rings. The van der Waals surface area contributed by atoms with Crippen molar-refractivity contribution in [1.29, 1.82) is 0 Å². The van der Waals surface area contributed by atoms with E-state index in [1.807, 2.05) is 23.1 Å². The first-order valence-corrected chi connectivity index (χ1v) is 9.73. The van der Waals surface area contributed by atoms with Gasteiger partial charge in [-0.25, -0.2) is 19.9 Å². The number of carbonyl (C=O) groups is 1. The van der Waals surface area contributed by atoms with E-state index in [9.17, 15) is 4.79 Å². The lowest BCUT2D eigenvalue weighted by Gasteiger charge is -2.34. The second kappa shape index (κ2) is 8.64. The summed E-state index contributed by atoms with van der Waals surface area (Å²) in [6.45, 7) is 4.73. The average molecular weight is 389 g/mol. The van der Waals surface area contributed by atoms with E-state index < -0.39 is 0 Å². The summed E-state index contributed by atoms with van der Waals surface area (Å²) in [5.74, 6) is 1.12. The van der Waals surface area contributed by atoms with Gasteiger partial charge in [-0.3, -0.25) is 4.79 Å². The van der Waals surface area contributed by atoms with Crippen molar-refractivity contribution in [3.63, 3.8) is 0 Å². The molecule has 0 saturated carbocycles. The summed E-state index contributed by atoms with van der Waals surface area (Å²) in [4.78, 5) is 33.9. The molecule has 2 aromatic heterocycles. The highest BCUT2D eigenvalue weighted by molar-refractivity contribution is 5.93. The van der Waals surface area contributed by atoms with Crippen LogP contribution in [0.5, 0.6) is 0 Å². The van der Waals surface area contributed by atoms with Crippen LogP contribution >= 0.6 is 0 Å². The van der Waals surface area contributed by atoms with Crippen LogP contribution in [0.15, 0.2) is 55.1 Å². The number of amides is 1. The smallest absolute Gasteiger partial charge is 0.257 e. The monoisotopic (exact) mass is 389 g/mol. The van der Waals surface area contributed by atoms with Crippen molar-refractivity contribution in [1.82, 2.24) is 24.8 Å². The lowest BCUT2D eigenvalue weighted by molar-refractivity contribution is 0.0745. The normalized spacial score (nSPS) is 14.0. The van der Waals surface area contributed by atoms with Crippen molar-refractivity contribution in [3.8, 4) is 0 Å². The highest BCUT2D eigenvalue weighted by Crippen LogP contribution is 2.19. The molecule has 1 fully saturated rings. The molecule has 1 amide bonds. The summed E-state index contributed by atoms with van der Waals surface area (Å²) in [6.07, 6.45) is 7.54. The highest BCUT2D eigenvalue weighted by atomic mass is 16.2. The van der Waals surface area contributed by atoms with Gasteiger partial charge in [-0.05, 0) is 24.1 Å². The molecule has 8 nitrogen and oxygen atoms in total. The van der Waals surface area contributed by atoms with Crippen molar-refractivity contribution in [2.24, 2.45) is 0 Å². The topological polar surface area (TPSA) is 87.1 Å². The molecule has 0 spiro atoms. The lowest BCUT2D eigenvalue weighted by atomic mass is 10.1. The number of hydrogen-bond acceptors (Lipinski definition) is 7. The zero-order valence-corrected chi connectivity index (χ0v) is 16.3. The Labute approximate surface area is 169 Å². The number of nitrogens with one attached hydrogen (secondary N) is 1. The molecule has 1 aromatic carbocycles. The average Bonchev–Trinajstić information content (AvgIpc) is 2.80. The minimum Gasteiger partial charge on any atom is -0.337 e. The predicted molar refractivity (Wildman–Crippen MR) is 111 cm³/mol. The maximum atomic E-state index is 12.8. The van der Waals surface area contributed by atoms with Crippen molar-refractivity contribution in [2.45, 2.75) is 13.3 Å². The fourth-order valence-corrected chi connectivity index (χ4v) is 3.32. The van der Waals surface area contributed by atoms with Crippen LogP contribution in [0, 0.1) is 0 Å². The zero-order chi connectivity index (χ0) is 20.1. The van der Waals surface area contributed by atoms with Crippen molar-refractivity contribution in [3.05, 3.63) is 66.2 Å². The van der Waals surface area contributed by atoms with Crippen LogP contribution in [0.2, 0.25) is 0 Å². The second-order valence-electron chi connectivity index (χ2n) is 6.76. The van der Waals surface area contributed by atoms with E-state index in [2.05, 4.69) is 43.1 Å². The van der Waals surface area contributed by atoms with Gasteiger partial charge in [0.05, 0.1) is 5.56 Å². The standard InChI is InChI=1S/C21H23N7O/c1-2-16-6-3-4-7-18(16)26-20-24-14-17(15-25-20)19(29)27-10-12-28(13-11-27)21-22-8-5-9-23-21/h3-9,14-15H,2,10-13H2,1H3,(H,24,25,26). The molecule has 1 aliphatic heterocycles. The largest absolute Gasteiger partial charge is 0.337 e. The Morgan fingerprint density at radius 2 is 1.66 bits per heavy atom. The van der Waals surface area contributed by atoms with Crippen molar-refractivity contribution >= 4 is 23.5 Å². The first-order valence-electron chi connectivity index (χ1n) is 9.73. The Hall–Kier alpha value is -3.55. The molecule has 0 radical (unpaired) electrons. The maximum absolute atomic E-state index is 12.8. The second-order valence-corrected chi connectivity index (χ2v) is 6.76. The van der Waals surface area contributed by atoms with Gasteiger partial charge in [0.25, 0.3) is 5.91 Å². The first-order chi connectivity index (χ1) is 14.2. The molecule has 4 rings (SSSR count). The van der Waals surface area contributed by atoms with E-state index in [4.69, 9.17) is 0 Å². The Morgan fingerprint density at radius 3 is 2.34 bits per heavy atom. The summed E-state index contributed by atoms with van der Waals surface area (Å²) < 4.78 is 0. The van der Waals surface area contributed by atoms with Gasteiger partial charge >= 0.3 is 0 Å². The quantitative estimate of drug-likeness (QED) is 0.717. The van der Waals surface area contributed by atoms with Gasteiger partial charge in [-0.15, -0.1) is 0 Å². The molecule has 3 heterocycles. The van der Waals surface area contributed by atoms with Gasteiger partial charge in [-0.2, -0.15) is 0 Å². The Bertz CT molecular complexity index is 954. The number of hydrogen-bond donors (Lipinski definition) is 1. The highest BCUT2D eigenvalue weighted by Gasteiger charge is 2.23. The van der Waals surface area contributed by atoms with Crippen LogP contribution < -0.4 is 10.2 Å². The molecular weight excluding hydrogens is 366 g/mol. The molecule has 3 aromatic rings. The summed E-state index contributed by atoms with van der Waals surface area (Å²) in [6, 6.07) is 9.84. The summed E-state index contributed by atoms with van der Waals surface area (Å²) in [5, 5.41) is 3.23. The number of rotatable bonds is 5. The van der Waals surface area contributed by atoms with Crippen LogP contribution in [-0.4, -0.2) is 56.9 Å². The number of para-hydroxylation sites is 1. The van der Waals surface area contributed by atoms with Gasteiger partial charge in [0.15, 0.2) is 0 Å². The van der Waals surface area contributed by atoms with Crippen LogP contribution in [0.4, 0.5) is 17.6 Å². The van der Waals surface area contributed by atoms with E-state index >= 15 is 0 Å². The van der Waals surface area contributed by atoms with Crippen LogP contribution in [-0.2, 0) is 6.42 Å². The number of anilines is 3. The third kappa shape index (κ3) is 4.31. The molecule has 8 heteroatoms. The first kappa shape index (κ1) is 18.8. The van der Waals surface area contributed by atoms with E-state index in [0.29, 0.717) is 43.6 Å². The van der Waals surface area contributed by atoms with Crippen LogP contribution in [0.3, 0.4) is 0 Å². The van der Waals surface area contributed by atoms with Crippen molar-refractivity contribution in [2.75, 3.05) is 36.4 Å². The van der Waals surface area contributed by atoms with Crippen molar-refractivity contribution < 1.29 is 4.79 Å². The number of carbonyl (C=O) groups excluding carboxylic acids is 1. The third-order valence-electron chi connectivity index (χ3n) is 4.95. The molecular formula is C21H23N7O. The van der Waals surface area contributed by atoms with Crippen LogP contribution in [0.25, 0.3) is 0 Å². The minimum atomic E-state index is -0.0564. The number of aromatic nitrogens is 4. The van der Waals surface area contributed by atoms with E-state index in [0.717, 1.165) is 12.1 Å². The molecule has 148 valence electrons. The predicted octanol–water partition coefficient (Wildman–Crippen LogP) is 2.54. The van der Waals surface area contributed by atoms with E-state index in [1.54, 1.807) is 30.9 Å². The van der Waals surface area contributed by atoms with E-state index in [-0.39, 0.29) is 5.91 Å². The summed E-state index contributed by atoms with van der Waals surface area (Å²) >= 11 is 0. The fourth-order valence-electron chi connectivity index (χ4n) is 3.32.